The summed E-state index contributed by atoms with van der Waals surface area (Å²) in [4.78, 5) is 28.5. The van der Waals surface area contributed by atoms with E-state index in [1.807, 2.05) is 37.3 Å². The van der Waals surface area contributed by atoms with Crippen LogP contribution in [-0.4, -0.2) is 22.9 Å². The standard InChI is InChI=1S/C24BF20.C20H17N2O3/c26-5-1(6(27)14(35)21(42)13(5)34)25(2-7(28)15(36)22(43)16(37)8(2)29,3-9(30)17(38)23(44)18(39)10(3)31)4-11(32)19(40)24(45)20(41)12(4)33;1-15-6-5-9-17(12-15)25-20(24)18-13-22(11-10-21-18)14-19(23)16-7-3-2-4-8-16/h;2-13H,14H2,1H3/q-1;+1. The molecule has 7 aromatic rings. The Morgan fingerprint density at radius 2 is 0.814 bits per heavy atom. The number of rotatable bonds is 9. The summed E-state index contributed by atoms with van der Waals surface area (Å²) in [5.41, 5.74) is -12.6. The van der Waals surface area contributed by atoms with Crippen LogP contribution in [0.1, 0.15) is 26.4 Å². The zero-order valence-corrected chi connectivity index (χ0v) is 33.9. The highest BCUT2D eigenvalue weighted by Gasteiger charge is 2.52. The van der Waals surface area contributed by atoms with Gasteiger partial charge in [-0.3, -0.25) is 4.79 Å². The van der Waals surface area contributed by atoms with Crippen molar-refractivity contribution in [1.29, 1.82) is 0 Å². The Bertz CT molecular complexity index is 2900. The number of carbonyl (C=O) groups excluding carboxylic acids is 2. The molecule has 0 amide bonds. The van der Waals surface area contributed by atoms with E-state index in [1.54, 1.807) is 35.0 Å². The number of halogens is 20. The largest absolute Gasteiger partial charge is 0.422 e. The fourth-order valence-corrected chi connectivity index (χ4v) is 7.23. The average molecular weight is 1010 g/mol. The fourth-order valence-electron chi connectivity index (χ4n) is 7.23. The molecule has 0 N–H and O–H groups in total. The van der Waals surface area contributed by atoms with Gasteiger partial charge in [0.15, 0.2) is 76.0 Å². The van der Waals surface area contributed by atoms with E-state index in [0.717, 1.165) is 5.56 Å². The van der Waals surface area contributed by atoms with Gasteiger partial charge in [-0.2, -0.15) is 4.57 Å². The van der Waals surface area contributed by atoms with Gasteiger partial charge in [0.2, 0.25) is 24.2 Å². The van der Waals surface area contributed by atoms with Gasteiger partial charge in [-0.05, 0) is 24.6 Å². The Labute approximate surface area is 376 Å². The smallest absolute Gasteiger partial charge is 0.368 e. The van der Waals surface area contributed by atoms with E-state index in [4.69, 9.17) is 4.74 Å². The third-order valence-corrected chi connectivity index (χ3v) is 10.3. The lowest BCUT2D eigenvalue weighted by Gasteiger charge is -2.44. The van der Waals surface area contributed by atoms with Gasteiger partial charge in [0.05, 0.1) is 6.20 Å². The van der Waals surface area contributed by atoms with Crippen molar-refractivity contribution in [1.82, 2.24) is 4.98 Å². The zero-order valence-electron chi connectivity index (χ0n) is 33.9. The van der Waals surface area contributed by atoms with Gasteiger partial charge in [-0.15, -0.1) is 21.9 Å². The van der Waals surface area contributed by atoms with Crippen molar-refractivity contribution in [3.8, 4) is 5.75 Å². The fraction of sp³-hybridized carbons (Fsp3) is 0.0455. The Balaban J connectivity index is 0.000000270. The third kappa shape index (κ3) is 8.65. The van der Waals surface area contributed by atoms with E-state index >= 15 is 35.1 Å². The molecule has 5 nitrogen and oxygen atoms in total. The summed E-state index contributed by atoms with van der Waals surface area (Å²) < 4.78 is 301. The number of aryl methyl sites for hydroxylation is 1. The molecular weight excluding hydrogens is 995 g/mol. The van der Waals surface area contributed by atoms with Gasteiger partial charge in [0, 0.05) is 5.56 Å². The number of hydrogen-bond acceptors (Lipinski definition) is 4. The molecule has 0 aliphatic carbocycles. The maximum absolute atomic E-state index is 15.4. The Hall–Kier alpha value is -7.80. The molecule has 6 aromatic carbocycles. The Morgan fingerprint density at radius 1 is 0.471 bits per heavy atom. The van der Waals surface area contributed by atoms with E-state index in [9.17, 15) is 62.3 Å². The minimum absolute atomic E-state index is 0.0465. The molecule has 0 atom stereocenters. The number of nitrogens with zero attached hydrogens (tertiary/aromatic N) is 2. The van der Waals surface area contributed by atoms with Crippen molar-refractivity contribution in [3.05, 3.63) is 206 Å². The van der Waals surface area contributed by atoms with Gasteiger partial charge in [0.25, 0.3) is 0 Å². The first-order valence-electron chi connectivity index (χ1n) is 18.8. The van der Waals surface area contributed by atoms with Crippen LogP contribution >= 0.6 is 0 Å². The number of Topliss-reactive ketones (excluding diaryl/α,β-unsaturated/α-hetero) is 1. The lowest BCUT2D eigenvalue weighted by atomic mass is 9.12. The molecule has 0 saturated heterocycles. The average Bonchev–Trinajstić information content (AvgIpc) is 3.34. The molecule has 0 radical (unpaired) electrons. The second-order valence-electron chi connectivity index (χ2n) is 14.4. The maximum Gasteiger partial charge on any atom is 0.368 e. The highest BCUT2D eigenvalue weighted by Crippen LogP contribution is 2.31. The molecule has 364 valence electrons. The Morgan fingerprint density at radius 3 is 1.16 bits per heavy atom. The van der Waals surface area contributed by atoms with E-state index in [0.29, 0.717) is 11.3 Å². The van der Waals surface area contributed by atoms with E-state index in [2.05, 4.69) is 4.98 Å². The van der Waals surface area contributed by atoms with Crippen LogP contribution < -0.4 is 31.2 Å². The first-order valence-corrected chi connectivity index (χ1v) is 18.8. The highest BCUT2D eigenvalue weighted by atomic mass is 19.2. The lowest BCUT2D eigenvalue weighted by molar-refractivity contribution is -0.683. The molecule has 1 aromatic heterocycles. The summed E-state index contributed by atoms with van der Waals surface area (Å²) >= 11 is 0. The number of carbonyl (C=O) groups is 2. The van der Waals surface area contributed by atoms with Gasteiger partial charge < -0.3 is 4.74 Å². The number of hydrogen-bond donors (Lipinski definition) is 0. The van der Waals surface area contributed by atoms with Crippen LogP contribution in [0.2, 0.25) is 0 Å². The van der Waals surface area contributed by atoms with E-state index < -0.39 is 150 Å². The summed E-state index contributed by atoms with van der Waals surface area (Å²) in [6.45, 7) is 2.04. The number of ketones is 1. The van der Waals surface area contributed by atoms with Gasteiger partial charge in [0.1, 0.15) is 58.4 Å². The van der Waals surface area contributed by atoms with Gasteiger partial charge in [-0.25, -0.2) is 97.6 Å². The molecule has 7 rings (SSSR count). The quantitative estimate of drug-likeness (QED) is 0.0213. The summed E-state index contributed by atoms with van der Waals surface area (Å²) in [5.74, 6) is -71.6. The first kappa shape index (κ1) is 51.6. The first-order chi connectivity index (χ1) is 32.8. The zero-order chi connectivity index (χ0) is 52.0. The minimum Gasteiger partial charge on any atom is -0.422 e. The van der Waals surface area contributed by atoms with Crippen LogP contribution in [0.4, 0.5) is 87.8 Å². The second-order valence-corrected chi connectivity index (χ2v) is 14.4. The van der Waals surface area contributed by atoms with Crippen molar-refractivity contribution in [2.24, 2.45) is 0 Å². The monoisotopic (exact) mass is 1010 g/mol. The molecule has 0 aliphatic rings. The number of ether oxygens (including phenoxy) is 1. The molecule has 0 saturated carbocycles. The van der Waals surface area contributed by atoms with Crippen molar-refractivity contribution >= 4 is 39.7 Å². The van der Waals surface area contributed by atoms with Gasteiger partial charge >= 0.3 is 5.97 Å². The molecule has 70 heavy (non-hydrogen) atoms. The topological polar surface area (TPSA) is 60.1 Å². The Kier molecular flexibility index (Phi) is 14.5. The predicted octanol–water partition coefficient (Wildman–Crippen LogP) is 8.63. The molecule has 1 heterocycles. The summed E-state index contributed by atoms with van der Waals surface area (Å²) in [6.07, 6.45) is -2.58. The molecule has 0 spiro atoms. The van der Waals surface area contributed by atoms with Crippen LogP contribution in [0.5, 0.6) is 5.75 Å². The van der Waals surface area contributed by atoms with Crippen LogP contribution in [-0.2, 0) is 6.54 Å². The van der Waals surface area contributed by atoms with Crippen LogP contribution in [0.25, 0.3) is 0 Å². The van der Waals surface area contributed by atoms with Crippen molar-refractivity contribution in [3.63, 3.8) is 0 Å². The number of aromatic nitrogens is 2. The molecule has 0 fully saturated rings. The molecule has 26 heteroatoms. The third-order valence-electron chi connectivity index (χ3n) is 10.3. The van der Waals surface area contributed by atoms with E-state index in [-0.39, 0.29) is 18.0 Å². The molecular formula is C44H17BF20N2O3. The number of esters is 1. The summed E-state index contributed by atoms with van der Waals surface area (Å²) in [6, 6.07) is 16.2. The van der Waals surface area contributed by atoms with Crippen LogP contribution in [0.3, 0.4) is 0 Å². The minimum atomic E-state index is -7.22. The summed E-state index contributed by atoms with van der Waals surface area (Å²) in [7, 11) is 0. The van der Waals surface area contributed by atoms with Crippen LogP contribution in [0, 0.1) is 123 Å². The van der Waals surface area contributed by atoms with Crippen molar-refractivity contribution in [2.75, 3.05) is 0 Å². The number of benzene rings is 6. The normalized spacial score (nSPS) is 11.4. The summed E-state index contributed by atoms with van der Waals surface area (Å²) in [5, 5.41) is 0. The molecule has 0 aliphatic heterocycles. The van der Waals surface area contributed by atoms with Gasteiger partial charge in [-0.1, -0.05) is 42.5 Å². The second kappa shape index (κ2) is 19.7. The maximum atomic E-state index is 15.4. The predicted molar refractivity (Wildman–Crippen MR) is 201 cm³/mol. The lowest BCUT2D eigenvalue weighted by Crippen LogP contribution is -2.81. The van der Waals surface area contributed by atoms with Crippen molar-refractivity contribution in [2.45, 2.75) is 13.5 Å². The SMILES string of the molecule is Cc1cccc(OC(=O)c2c[n+](CC(=O)c3ccccc3)ccn2)c1.Fc1c(F)c(F)c([B-](c2c(F)c(F)c(F)c(F)c2F)(c2c(F)c(F)c(F)c(F)c2F)c2c(F)c(F)c(F)c(F)c2F)c(F)c1F. The molecule has 0 bridgehead atoms. The highest BCUT2D eigenvalue weighted by molar-refractivity contribution is 7.20. The van der Waals surface area contributed by atoms with Crippen molar-refractivity contribution < 1.29 is 107 Å². The van der Waals surface area contributed by atoms with E-state index in [1.165, 1.54) is 12.4 Å². The van der Waals surface area contributed by atoms with Crippen LogP contribution in [0.15, 0.2) is 73.2 Å². The molecule has 0 unspecified atom stereocenters.